The van der Waals surface area contributed by atoms with Gasteiger partial charge in [0.2, 0.25) is 0 Å². The normalized spacial score (nSPS) is 11.1. The third kappa shape index (κ3) is 4.83. The van der Waals surface area contributed by atoms with Crippen molar-refractivity contribution in [2.24, 2.45) is 0 Å². The highest BCUT2D eigenvalue weighted by Gasteiger charge is 2.26. The average Bonchev–Trinajstić information content (AvgIpc) is 3.19. The molecule has 0 atom stereocenters. The van der Waals surface area contributed by atoms with E-state index in [1.807, 2.05) is 18.2 Å². The second-order valence-electron chi connectivity index (χ2n) is 7.02. The summed E-state index contributed by atoms with van der Waals surface area (Å²) in [4.78, 5) is 33.0. The van der Waals surface area contributed by atoms with E-state index in [-0.39, 0.29) is 11.6 Å². The zero-order chi connectivity index (χ0) is 22.5. The van der Waals surface area contributed by atoms with Crippen LogP contribution in [0.5, 0.6) is 5.75 Å². The molecule has 0 aliphatic carbocycles. The van der Waals surface area contributed by atoms with Gasteiger partial charge in [-0.25, -0.2) is 4.98 Å². The first-order chi connectivity index (χ1) is 14.9. The van der Waals surface area contributed by atoms with Crippen LogP contribution in [0.3, 0.4) is 0 Å². The van der Waals surface area contributed by atoms with Gasteiger partial charge in [0.05, 0.1) is 22.2 Å². The highest BCUT2D eigenvalue weighted by atomic mass is 32.1. The van der Waals surface area contributed by atoms with E-state index in [1.165, 1.54) is 17.4 Å². The summed E-state index contributed by atoms with van der Waals surface area (Å²) in [6.45, 7) is 8.59. The number of aromatic nitrogens is 1. The Morgan fingerprint density at radius 2 is 1.94 bits per heavy atom. The molecular weight excluding hydrogens is 416 g/mol. The van der Waals surface area contributed by atoms with Crippen molar-refractivity contribution in [1.29, 1.82) is 0 Å². The van der Waals surface area contributed by atoms with E-state index in [0.717, 1.165) is 29.1 Å². The number of hydrogen-bond acceptors (Lipinski definition) is 7. The maximum Gasteiger partial charge on any atom is 0.273 e. The van der Waals surface area contributed by atoms with Crippen molar-refractivity contribution in [3.8, 4) is 5.75 Å². The molecule has 0 aliphatic rings. The maximum absolute atomic E-state index is 13.6. The number of likely N-dealkylation sites (N-methyl/N-ethyl adjacent to an activating group) is 1. The van der Waals surface area contributed by atoms with Crippen molar-refractivity contribution in [2.45, 2.75) is 20.8 Å². The van der Waals surface area contributed by atoms with Gasteiger partial charge in [0.15, 0.2) is 5.13 Å². The van der Waals surface area contributed by atoms with E-state index < -0.39 is 4.92 Å². The number of methoxy groups -OCH3 is 1. The fraction of sp³-hybridized carbons (Fsp3) is 0.364. The second-order valence-corrected chi connectivity index (χ2v) is 8.03. The Hall–Kier alpha value is -3.04. The minimum Gasteiger partial charge on any atom is -0.497 e. The highest BCUT2D eigenvalue weighted by Crippen LogP contribution is 2.33. The van der Waals surface area contributed by atoms with Gasteiger partial charge in [0.1, 0.15) is 5.75 Å². The lowest BCUT2D eigenvalue weighted by atomic mass is 10.1. The van der Waals surface area contributed by atoms with Crippen LogP contribution in [-0.2, 0) is 0 Å². The minimum absolute atomic E-state index is 0.0661. The Labute approximate surface area is 185 Å². The molecule has 8 nitrogen and oxygen atoms in total. The summed E-state index contributed by atoms with van der Waals surface area (Å²) in [6, 6.07) is 10.2. The van der Waals surface area contributed by atoms with E-state index in [9.17, 15) is 14.9 Å². The molecule has 0 fully saturated rings. The molecule has 0 spiro atoms. The molecule has 3 rings (SSSR count). The van der Waals surface area contributed by atoms with E-state index in [4.69, 9.17) is 4.74 Å². The first-order valence-electron chi connectivity index (χ1n) is 10.1. The molecule has 9 heteroatoms. The van der Waals surface area contributed by atoms with Crippen molar-refractivity contribution < 1.29 is 14.5 Å². The number of ether oxygens (including phenoxy) is 1. The standard InChI is InChI=1S/C22H26N4O4S/c1-5-24(6-2)12-13-25(21(27)17-8-7-9-19(15(17)3)26(28)29)22-23-18-11-10-16(30-4)14-20(18)31-22/h7-11,14H,5-6,12-13H2,1-4H3. The van der Waals surface area contributed by atoms with Crippen LogP contribution in [0.15, 0.2) is 36.4 Å². The predicted octanol–water partition coefficient (Wildman–Crippen LogP) is 4.51. The number of thiazole rings is 1. The minimum atomic E-state index is -0.462. The third-order valence-electron chi connectivity index (χ3n) is 5.33. The van der Waals surface area contributed by atoms with Crippen LogP contribution in [0.2, 0.25) is 0 Å². The van der Waals surface area contributed by atoms with Gasteiger partial charge in [-0.3, -0.25) is 19.8 Å². The fourth-order valence-corrected chi connectivity index (χ4v) is 4.42. The summed E-state index contributed by atoms with van der Waals surface area (Å²) in [5.41, 5.74) is 1.37. The van der Waals surface area contributed by atoms with Gasteiger partial charge >= 0.3 is 0 Å². The Morgan fingerprint density at radius 1 is 1.19 bits per heavy atom. The molecule has 164 valence electrons. The molecule has 31 heavy (non-hydrogen) atoms. The zero-order valence-electron chi connectivity index (χ0n) is 18.1. The zero-order valence-corrected chi connectivity index (χ0v) is 18.9. The van der Waals surface area contributed by atoms with Crippen molar-refractivity contribution in [2.75, 3.05) is 38.2 Å². The van der Waals surface area contributed by atoms with Crippen molar-refractivity contribution in [1.82, 2.24) is 9.88 Å². The summed E-state index contributed by atoms with van der Waals surface area (Å²) >= 11 is 1.40. The largest absolute Gasteiger partial charge is 0.497 e. The first kappa shape index (κ1) is 22.6. The average molecular weight is 443 g/mol. The topological polar surface area (TPSA) is 88.8 Å². The Bertz CT molecular complexity index is 1090. The van der Waals surface area contributed by atoms with Crippen molar-refractivity contribution in [3.63, 3.8) is 0 Å². The van der Waals surface area contributed by atoms with Crippen LogP contribution in [-0.4, -0.2) is 54.0 Å². The smallest absolute Gasteiger partial charge is 0.273 e. The summed E-state index contributed by atoms with van der Waals surface area (Å²) < 4.78 is 6.20. The number of amides is 1. The summed E-state index contributed by atoms with van der Waals surface area (Å²) in [5.74, 6) is 0.428. The number of nitrogens with zero attached hydrogens (tertiary/aromatic N) is 4. The molecule has 1 heterocycles. The Balaban J connectivity index is 2.03. The van der Waals surface area contributed by atoms with Crippen LogP contribution in [0, 0.1) is 17.0 Å². The predicted molar refractivity (Wildman–Crippen MR) is 123 cm³/mol. The van der Waals surface area contributed by atoms with Crippen LogP contribution in [0.25, 0.3) is 10.2 Å². The summed E-state index contributed by atoms with van der Waals surface area (Å²) in [6.07, 6.45) is 0. The van der Waals surface area contributed by atoms with E-state index in [0.29, 0.717) is 29.3 Å². The van der Waals surface area contributed by atoms with Crippen molar-refractivity contribution >= 4 is 38.3 Å². The van der Waals surface area contributed by atoms with E-state index >= 15 is 0 Å². The van der Waals surface area contributed by atoms with Crippen LogP contribution >= 0.6 is 11.3 Å². The lowest BCUT2D eigenvalue weighted by molar-refractivity contribution is -0.385. The number of anilines is 1. The number of carbonyl (C=O) groups excluding carboxylic acids is 1. The highest BCUT2D eigenvalue weighted by molar-refractivity contribution is 7.22. The molecule has 1 aromatic heterocycles. The molecule has 0 unspecified atom stereocenters. The van der Waals surface area contributed by atoms with Gasteiger partial charge in [0, 0.05) is 30.3 Å². The molecule has 0 saturated heterocycles. The Morgan fingerprint density at radius 3 is 2.58 bits per heavy atom. The molecule has 0 aliphatic heterocycles. The molecule has 0 bridgehead atoms. The number of nitro groups is 1. The molecule has 2 aromatic carbocycles. The molecule has 3 aromatic rings. The van der Waals surface area contributed by atoms with E-state index in [1.54, 1.807) is 31.1 Å². The second kappa shape index (κ2) is 9.84. The van der Waals surface area contributed by atoms with E-state index in [2.05, 4.69) is 23.7 Å². The number of hydrogen-bond donors (Lipinski definition) is 0. The first-order valence-corrected chi connectivity index (χ1v) is 10.9. The quantitative estimate of drug-likeness (QED) is 0.358. The summed E-state index contributed by atoms with van der Waals surface area (Å²) in [5, 5.41) is 11.9. The van der Waals surface area contributed by atoms with Gasteiger partial charge < -0.3 is 9.64 Å². The van der Waals surface area contributed by atoms with Gasteiger partial charge in [0.25, 0.3) is 11.6 Å². The fourth-order valence-electron chi connectivity index (χ4n) is 3.40. The van der Waals surface area contributed by atoms with Gasteiger partial charge in [-0.05, 0) is 44.3 Å². The van der Waals surface area contributed by atoms with Crippen LogP contribution in [0.1, 0.15) is 29.8 Å². The molecule has 0 radical (unpaired) electrons. The number of benzene rings is 2. The molecule has 1 amide bonds. The molecule has 0 saturated carbocycles. The number of carbonyl (C=O) groups is 1. The number of fused-ring (bicyclic) bond motifs is 1. The Kier molecular flexibility index (Phi) is 7.19. The number of nitro benzene ring substituents is 1. The SMILES string of the molecule is CCN(CC)CCN(C(=O)c1cccc([N+](=O)[O-])c1C)c1nc2ccc(OC)cc2s1. The van der Waals surface area contributed by atoms with Crippen molar-refractivity contribution in [3.05, 3.63) is 57.6 Å². The van der Waals surface area contributed by atoms with Gasteiger partial charge in [-0.15, -0.1) is 0 Å². The van der Waals surface area contributed by atoms with Crippen LogP contribution in [0.4, 0.5) is 10.8 Å². The molecular formula is C22H26N4O4S. The van der Waals surface area contributed by atoms with Gasteiger partial charge in [-0.2, -0.15) is 0 Å². The number of rotatable bonds is 9. The van der Waals surface area contributed by atoms with Crippen LogP contribution < -0.4 is 9.64 Å². The third-order valence-corrected chi connectivity index (χ3v) is 6.37. The lowest BCUT2D eigenvalue weighted by Crippen LogP contribution is -2.39. The monoisotopic (exact) mass is 442 g/mol. The lowest BCUT2D eigenvalue weighted by Gasteiger charge is -2.25. The maximum atomic E-state index is 13.6. The summed E-state index contributed by atoms with van der Waals surface area (Å²) in [7, 11) is 1.61. The van der Waals surface area contributed by atoms with Gasteiger partial charge in [-0.1, -0.05) is 31.3 Å². The molecule has 0 N–H and O–H groups in total.